The van der Waals surface area contributed by atoms with Crippen molar-refractivity contribution >= 4 is 27.3 Å². The molecule has 0 aliphatic heterocycles. The smallest absolute Gasteiger partial charge is 0.269 e. The van der Waals surface area contributed by atoms with Crippen molar-refractivity contribution in [2.75, 3.05) is 5.32 Å². The van der Waals surface area contributed by atoms with Crippen LogP contribution in [0.5, 0.6) is 0 Å². The van der Waals surface area contributed by atoms with Crippen LogP contribution < -0.4 is 10.0 Å². The van der Waals surface area contributed by atoms with E-state index in [1.165, 1.54) is 12.1 Å². The molecule has 3 rings (SSSR count). The third kappa shape index (κ3) is 4.69. The number of anilines is 1. The van der Waals surface area contributed by atoms with Crippen LogP contribution in [0.25, 0.3) is 0 Å². The van der Waals surface area contributed by atoms with Crippen molar-refractivity contribution in [3.8, 4) is 0 Å². The van der Waals surface area contributed by atoms with E-state index in [-0.39, 0.29) is 22.4 Å². The van der Waals surface area contributed by atoms with Crippen LogP contribution in [-0.2, 0) is 14.8 Å². The Hall–Kier alpha value is -2.78. The summed E-state index contributed by atoms with van der Waals surface area (Å²) in [5.74, 6) is 0.117. The van der Waals surface area contributed by atoms with Gasteiger partial charge >= 0.3 is 0 Å². The number of carbonyl (C=O) groups is 1. The molecule has 9 heteroatoms. The van der Waals surface area contributed by atoms with Crippen LogP contribution in [0.2, 0.25) is 0 Å². The maximum absolute atomic E-state index is 12.5. The summed E-state index contributed by atoms with van der Waals surface area (Å²) >= 11 is 0. The number of carbonyl (C=O) groups excluding carboxylic acids is 1. The number of nitro groups is 1. The summed E-state index contributed by atoms with van der Waals surface area (Å²) in [7, 11) is -3.82. The zero-order valence-electron chi connectivity index (χ0n) is 14.6. The molecule has 0 unspecified atom stereocenters. The Morgan fingerprint density at radius 3 is 2.22 bits per heavy atom. The lowest BCUT2D eigenvalue weighted by Crippen LogP contribution is -2.26. The van der Waals surface area contributed by atoms with Gasteiger partial charge in [0.25, 0.3) is 5.69 Å². The summed E-state index contributed by atoms with van der Waals surface area (Å²) in [6.45, 7) is 1.70. The fourth-order valence-corrected chi connectivity index (χ4v) is 3.79. The highest BCUT2D eigenvalue weighted by atomic mass is 32.2. The number of rotatable bonds is 7. The van der Waals surface area contributed by atoms with Crippen LogP contribution >= 0.6 is 0 Å². The molecule has 2 aromatic rings. The lowest BCUT2D eigenvalue weighted by atomic mass is 10.1. The molecule has 27 heavy (non-hydrogen) atoms. The predicted molar refractivity (Wildman–Crippen MR) is 99.6 cm³/mol. The summed E-state index contributed by atoms with van der Waals surface area (Å²) in [6.07, 6.45) is 1.84. The van der Waals surface area contributed by atoms with E-state index in [0.717, 1.165) is 30.5 Å². The molecular weight excluding hydrogens is 370 g/mol. The third-order valence-electron chi connectivity index (χ3n) is 4.32. The maximum atomic E-state index is 12.5. The number of hydrogen-bond donors (Lipinski definition) is 2. The molecule has 1 atom stereocenters. The lowest BCUT2D eigenvalue weighted by Gasteiger charge is -2.15. The minimum atomic E-state index is -3.82. The third-order valence-corrected chi connectivity index (χ3v) is 5.87. The van der Waals surface area contributed by atoms with Gasteiger partial charge in [0, 0.05) is 29.8 Å². The van der Waals surface area contributed by atoms with Crippen molar-refractivity contribution in [2.45, 2.75) is 30.7 Å². The molecule has 1 aliphatic carbocycles. The van der Waals surface area contributed by atoms with Gasteiger partial charge < -0.3 is 5.32 Å². The molecule has 2 aromatic carbocycles. The molecule has 142 valence electrons. The zero-order valence-corrected chi connectivity index (χ0v) is 15.4. The number of hydrogen-bond acceptors (Lipinski definition) is 5. The molecule has 1 fully saturated rings. The minimum Gasteiger partial charge on any atom is -0.326 e. The molecule has 0 aromatic heterocycles. The normalized spacial score (nSPS) is 15.1. The van der Waals surface area contributed by atoms with Gasteiger partial charge in [-0.2, -0.15) is 0 Å². The summed E-state index contributed by atoms with van der Waals surface area (Å²) in [4.78, 5) is 21.8. The second-order valence-electron chi connectivity index (χ2n) is 6.48. The van der Waals surface area contributed by atoms with Crippen molar-refractivity contribution in [3.63, 3.8) is 0 Å². The number of nitro benzene ring substituents is 1. The Balaban J connectivity index is 1.66. The van der Waals surface area contributed by atoms with E-state index in [0.29, 0.717) is 5.69 Å². The Morgan fingerprint density at radius 1 is 1.11 bits per heavy atom. The van der Waals surface area contributed by atoms with Gasteiger partial charge in [-0.25, -0.2) is 13.1 Å². The van der Waals surface area contributed by atoms with Gasteiger partial charge in [0.05, 0.1) is 9.82 Å². The predicted octanol–water partition coefficient (Wildman–Crippen LogP) is 2.98. The number of nitrogens with one attached hydrogen (secondary N) is 2. The van der Waals surface area contributed by atoms with Crippen molar-refractivity contribution in [1.29, 1.82) is 0 Å². The van der Waals surface area contributed by atoms with Crippen LogP contribution in [0.4, 0.5) is 11.4 Å². The van der Waals surface area contributed by atoms with Crippen molar-refractivity contribution in [2.24, 2.45) is 5.92 Å². The molecule has 2 N–H and O–H groups in total. The van der Waals surface area contributed by atoms with Gasteiger partial charge in [0.15, 0.2) is 0 Å². The largest absolute Gasteiger partial charge is 0.326 e. The molecular formula is C18H19N3O5S. The standard InChI is InChI=1S/C18H19N3O5S/c1-12(13-4-6-15(7-5-13)19-18(22)14-2-3-14)20-27(25,26)17-10-8-16(9-11-17)21(23)24/h4-12,14,20H,2-3H2,1H3,(H,19,22)/t12-/m1/s1. The Kier molecular flexibility index (Phi) is 5.24. The second kappa shape index (κ2) is 7.45. The number of sulfonamides is 1. The summed E-state index contributed by atoms with van der Waals surface area (Å²) in [6, 6.07) is 11.1. The first kappa shape index (κ1) is 19.0. The molecule has 1 saturated carbocycles. The van der Waals surface area contributed by atoms with Gasteiger partial charge in [0.1, 0.15) is 0 Å². The number of non-ortho nitro benzene ring substituents is 1. The Labute approximate surface area is 156 Å². The average molecular weight is 389 g/mol. The summed E-state index contributed by atoms with van der Waals surface area (Å²) < 4.78 is 27.4. The highest BCUT2D eigenvalue weighted by Crippen LogP contribution is 2.30. The second-order valence-corrected chi connectivity index (χ2v) is 8.19. The first-order valence-electron chi connectivity index (χ1n) is 8.44. The molecule has 1 aliphatic rings. The van der Waals surface area contributed by atoms with Crippen molar-refractivity contribution in [1.82, 2.24) is 4.72 Å². The molecule has 1 amide bonds. The van der Waals surface area contributed by atoms with Crippen molar-refractivity contribution < 1.29 is 18.1 Å². The SMILES string of the molecule is C[C@@H](NS(=O)(=O)c1ccc([N+](=O)[O-])cc1)c1ccc(NC(=O)C2CC2)cc1. The Morgan fingerprint density at radius 2 is 1.70 bits per heavy atom. The van der Waals surface area contributed by atoms with Gasteiger partial charge in [-0.15, -0.1) is 0 Å². The molecule has 0 radical (unpaired) electrons. The van der Waals surface area contributed by atoms with Crippen LogP contribution in [0, 0.1) is 16.0 Å². The number of benzene rings is 2. The van der Waals surface area contributed by atoms with Crippen LogP contribution in [0.3, 0.4) is 0 Å². The maximum Gasteiger partial charge on any atom is 0.269 e. The van der Waals surface area contributed by atoms with E-state index in [2.05, 4.69) is 10.0 Å². The van der Waals surface area contributed by atoms with E-state index in [4.69, 9.17) is 0 Å². The van der Waals surface area contributed by atoms with Gasteiger partial charge in [0.2, 0.25) is 15.9 Å². The molecule has 0 saturated heterocycles. The van der Waals surface area contributed by atoms with E-state index in [1.54, 1.807) is 31.2 Å². The van der Waals surface area contributed by atoms with Crippen LogP contribution in [0.15, 0.2) is 53.4 Å². The van der Waals surface area contributed by atoms with E-state index < -0.39 is 21.0 Å². The Bertz CT molecular complexity index is 951. The van der Waals surface area contributed by atoms with Gasteiger partial charge in [-0.3, -0.25) is 14.9 Å². The topological polar surface area (TPSA) is 118 Å². The van der Waals surface area contributed by atoms with Gasteiger partial charge in [-0.05, 0) is 49.6 Å². The summed E-state index contributed by atoms with van der Waals surface area (Å²) in [5.41, 5.74) is 1.22. The molecule has 0 spiro atoms. The molecule has 0 bridgehead atoms. The lowest BCUT2D eigenvalue weighted by molar-refractivity contribution is -0.384. The van der Waals surface area contributed by atoms with E-state index in [1.807, 2.05) is 0 Å². The highest BCUT2D eigenvalue weighted by molar-refractivity contribution is 7.89. The zero-order chi connectivity index (χ0) is 19.6. The minimum absolute atomic E-state index is 0.00896. The van der Waals surface area contributed by atoms with E-state index in [9.17, 15) is 23.3 Å². The van der Waals surface area contributed by atoms with Gasteiger partial charge in [-0.1, -0.05) is 12.1 Å². The molecule has 8 nitrogen and oxygen atoms in total. The van der Waals surface area contributed by atoms with Crippen molar-refractivity contribution in [3.05, 3.63) is 64.2 Å². The summed E-state index contributed by atoms with van der Waals surface area (Å²) in [5, 5.41) is 13.5. The fourth-order valence-electron chi connectivity index (χ4n) is 2.56. The fraction of sp³-hybridized carbons (Fsp3) is 0.278. The number of nitrogens with zero attached hydrogens (tertiary/aromatic N) is 1. The molecule has 0 heterocycles. The first-order valence-corrected chi connectivity index (χ1v) is 9.92. The quantitative estimate of drug-likeness (QED) is 0.557. The average Bonchev–Trinajstić information content (AvgIpc) is 3.47. The highest BCUT2D eigenvalue weighted by Gasteiger charge is 2.29. The monoisotopic (exact) mass is 389 g/mol. The van der Waals surface area contributed by atoms with Crippen LogP contribution in [0.1, 0.15) is 31.4 Å². The van der Waals surface area contributed by atoms with E-state index >= 15 is 0 Å². The first-order chi connectivity index (χ1) is 12.8. The number of amides is 1. The van der Waals surface area contributed by atoms with Crippen LogP contribution in [-0.4, -0.2) is 19.2 Å².